The van der Waals surface area contributed by atoms with Crippen LogP contribution in [0.5, 0.6) is 0 Å². The molecule has 0 aromatic heterocycles. The number of rotatable bonds is 6. The summed E-state index contributed by atoms with van der Waals surface area (Å²) in [6, 6.07) is 5.01. The summed E-state index contributed by atoms with van der Waals surface area (Å²) in [4.78, 5) is 10.9. The third-order valence-corrected chi connectivity index (χ3v) is 3.44. The summed E-state index contributed by atoms with van der Waals surface area (Å²) in [7, 11) is 0. The second-order valence-corrected chi connectivity index (χ2v) is 4.62. The summed E-state index contributed by atoms with van der Waals surface area (Å²) >= 11 is 0. The number of nitrogens with one attached hydrogen (secondary N) is 1. The van der Waals surface area contributed by atoms with Gasteiger partial charge >= 0.3 is 5.97 Å². The highest BCUT2D eigenvalue weighted by molar-refractivity contribution is 5.90. The van der Waals surface area contributed by atoms with Crippen molar-refractivity contribution >= 4 is 17.3 Å². The standard InChI is InChI=1S/C14H22N2O2/c1-4-10(5-2)9(3)16-13-8-11(14(17)18)6-7-12(13)15/h6-10,16H,4-5,15H2,1-3H3,(H,17,18). The molecule has 1 atom stereocenters. The van der Waals surface area contributed by atoms with E-state index in [1.165, 1.54) is 6.07 Å². The lowest BCUT2D eigenvalue weighted by Crippen LogP contribution is -2.25. The van der Waals surface area contributed by atoms with Gasteiger partial charge in [0.1, 0.15) is 0 Å². The van der Waals surface area contributed by atoms with Crippen LogP contribution in [0.3, 0.4) is 0 Å². The number of hydrogen-bond donors (Lipinski definition) is 3. The monoisotopic (exact) mass is 250 g/mol. The van der Waals surface area contributed by atoms with Crippen molar-refractivity contribution in [2.45, 2.75) is 39.7 Å². The Hall–Kier alpha value is -1.71. The van der Waals surface area contributed by atoms with E-state index < -0.39 is 5.97 Å². The molecule has 0 saturated carbocycles. The summed E-state index contributed by atoms with van der Waals surface area (Å²) < 4.78 is 0. The van der Waals surface area contributed by atoms with Gasteiger partial charge in [0.05, 0.1) is 16.9 Å². The third-order valence-electron chi connectivity index (χ3n) is 3.44. The normalized spacial score (nSPS) is 12.4. The van der Waals surface area contributed by atoms with Crippen LogP contribution in [0.4, 0.5) is 11.4 Å². The summed E-state index contributed by atoms with van der Waals surface area (Å²) in [5.41, 5.74) is 7.40. The van der Waals surface area contributed by atoms with Crippen LogP contribution in [0.2, 0.25) is 0 Å². The number of aromatic carboxylic acids is 1. The van der Waals surface area contributed by atoms with Gasteiger partial charge in [-0.15, -0.1) is 0 Å². The van der Waals surface area contributed by atoms with E-state index in [9.17, 15) is 4.79 Å². The number of carboxylic acids is 1. The molecular weight excluding hydrogens is 228 g/mol. The van der Waals surface area contributed by atoms with Crippen LogP contribution in [0.1, 0.15) is 44.0 Å². The molecule has 0 saturated heterocycles. The summed E-state index contributed by atoms with van der Waals surface area (Å²) in [5, 5.41) is 12.3. The smallest absolute Gasteiger partial charge is 0.335 e. The number of hydrogen-bond acceptors (Lipinski definition) is 3. The maximum atomic E-state index is 10.9. The van der Waals surface area contributed by atoms with Gasteiger partial charge in [-0.3, -0.25) is 0 Å². The maximum Gasteiger partial charge on any atom is 0.335 e. The zero-order valence-corrected chi connectivity index (χ0v) is 11.2. The van der Waals surface area contributed by atoms with Gasteiger partial charge in [-0.05, 0) is 31.0 Å². The number of carboxylic acid groups (broad SMARTS) is 1. The SMILES string of the molecule is CCC(CC)C(C)Nc1cc(C(=O)O)ccc1N. The number of nitrogens with two attached hydrogens (primary N) is 1. The van der Waals surface area contributed by atoms with Crippen LogP contribution in [0.15, 0.2) is 18.2 Å². The first-order valence-electron chi connectivity index (χ1n) is 6.38. The van der Waals surface area contributed by atoms with Crippen molar-refractivity contribution in [1.82, 2.24) is 0 Å². The van der Waals surface area contributed by atoms with Gasteiger partial charge in [0, 0.05) is 6.04 Å². The molecular formula is C14H22N2O2. The molecule has 0 heterocycles. The van der Waals surface area contributed by atoms with Crippen LogP contribution in [-0.4, -0.2) is 17.1 Å². The summed E-state index contributed by atoms with van der Waals surface area (Å²) in [6.07, 6.45) is 2.17. The lowest BCUT2D eigenvalue weighted by molar-refractivity contribution is 0.0697. The van der Waals surface area contributed by atoms with Crippen LogP contribution in [0.25, 0.3) is 0 Å². The average molecular weight is 250 g/mol. The van der Waals surface area contributed by atoms with Crippen molar-refractivity contribution in [3.63, 3.8) is 0 Å². The van der Waals surface area contributed by atoms with Crippen molar-refractivity contribution in [2.75, 3.05) is 11.1 Å². The fourth-order valence-electron chi connectivity index (χ4n) is 2.17. The summed E-state index contributed by atoms with van der Waals surface area (Å²) in [5.74, 6) is -0.383. The molecule has 4 nitrogen and oxygen atoms in total. The molecule has 0 bridgehead atoms. The van der Waals surface area contributed by atoms with Crippen molar-refractivity contribution in [2.24, 2.45) is 5.92 Å². The van der Waals surface area contributed by atoms with Crippen molar-refractivity contribution in [3.8, 4) is 0 Å². The van der Waals surface area contributed by atoms with E-state index in [0.29, 0.717) is 17.3 Å². The molecule has 0 amide bonds. The lowest BCUT2D eigenvalue weighted by atomic mass is 9.95. The highest BCUT2D eigenvalue weighted by Crippen LogP contribution is 2.24. The van der Waals surface area contributed by atoms with Crippen molar-refractivity contribution < 1.29 is 9.90 Å². The van der Waals surface area contributed by atoms with E-state index in [4.69, 9.17) is 10.8 Å². The highest BCUT2D eigenvalue weighted by atomic mass is 16.4. The molecule has 4 N–H and O–H groups in total. The molecule has 0 aliphatic carbocycles. The van der Waals surface area contributed by atoms with E-state index in [-0.39, 0.29) is 11.6 Å². The Balaban J connectivity index is 2.89. The number of anilines is 2. The zero-order chi connectivity index (χ0) is 13.7. The first kappa shape index (κ1) is 14.4. The molecule has 1 aromatic rings. The molecule has 100 valence electrons. The maximum absolute atomic E-state index is 10.9. The van der Waals surface area contributed by atoms with Gasteiger partial charge in [-0.25, -0.2) is 4.79 Å². The number of nitrogen functional groups attached to an aromatic ring is 1. The molecule has 1 unspecified atom stereocenters. The van der Waals surface area contributed by atoms with Crippen LogP contribution >= 0.6 is 0 Å². The van der Waals surface area contributed by atoms with Crippen LogP contribution < -0.4 is 11.1 Å². The van der Waals surface area contributed by atoms with E-state index in [1.807, 2.05) is 0 Å². The van der Waals surface area contributed by atoms with Crippen molar-refractivity contribution in [3.05, 3.63) is 23.8 Å². The Bertz CT molecular complexity index is 414. The predicted molar refractivity (Wildman–Crippen MR) is 75.0 cm³/mol. The first-order chi connectivity index (χ1) is 8.49. The fourth-order valence-corrected chi connectivity index (χ4v) is 2.17. The van der Waals surface area contributed by atoms with Gasteiger partial charge in [0.25, 0.3) is 0 Å². The second kappa shape index (κ2) is 6.28. The number of benzene rings is 1. The largest absolute Gasteiger partial charge is 0.478 e. The van der Waals surface area contributed by atoms with Gasteiger partial charge < -0.3 is 16.2 Å². The lowest BCUT2D eigenvalue weighted by Gasteiger charge is -2.24. The summed E-state index contributed by atoms with van der Waals surface area (Å²) in [6.45, 7) is 6.41. The van der Waals surface area contributed by atoms with Crippen LogP contribution in [0, 0.1) is 5.92 Å². The van der Waals surface area contributed by atoms with Gasteiger partial charge in [0.2, 0.25) is 0 Å². The van der Waals surface area contributed by atoms with E-state index in [0.717, 1.165) is 12.8 Å². The minimum absolute atomic E-state index is 0.253. The Morgan fingerprint density at radius 2 is 2.00 bits per heavy atom. The number of carbonyl (C=O) groups is 1. The fraction of sp³-hybridized carbons (Fsp3) is 0.500. The van der Waals surface area contributed by atoms with Gasteiger partial charge in [0.15, 0.2) is 0 Å². The average Bonchev–Trinajstić information content (AvgIpc) is 2.33. The quantitative estimate of drug-likeness (QED) is 0.678. The molecule has 1 aromatic carbocycles. The topological polar surface area (TPSA) is 75.3 Å². The molecule has 18 heavy (non-hydrogen) atoms. The first-order valence-corrected chi connectivity index (χ1v) is 6.38. The van der Waals surface area contributed by atoms with Crippen LogP contribution in [-0.2, 0) is 0 Å². The second-order valence-electron chi connectivity index (χ2n) is 4.62. The van der Waals surface area contributed by atoms with E-state index in [2.05, 4.69) is 26.1 Å². The Morgan fingerprint density at radius 3 is 2.50 bits per heavy atom. The predicted octanol–water partition coefficient (Wildman–Crippen LogP) is 3.20. The Labute approximate surface area is 108 Å². The molecule has 0 spiro atoms. The Morgan fingerprint density at radius 1 is 1.39 bits per heavy atom. The minimum atomic E-state index is -0.937. The minimum Gasteiger partial charge on any atom is -0.478 e. The van der Waals surface area contributed by atoms with Crippen molar-refractivity contribution in [1.29, 1.82) is 0 Å². The van der Waals surface area contributed by atoms with Gasteiger partial charge in [-0.2, -0.15) is 0 Å². The Kier molecular flexibility index (Phi) is 5.01. The zero-order valence-electron chi connectivity index (χ0n) is 11.2. The molecule has 0 radical (unpaired) electrons. The molecule has 0 aliphatic rings. The van der Waals surface area contributed by atoms with E-state index in [1.54, 1.807) is 12.1 Å². The molecule has 4 heteroatoms. The van der Waals surface area contributed by atoms with E-state index >= 15 is 0 Å². The molecule has 0 fully saturated rings. The third kappa shape index (κ3) is 3.39. The van der Waals surface area contributed by atoms with Gasteiger partial charge in [-0.1, -0.05) is 26.7 Å². The highest BCUT2D eigenvalue weighted by Gasteiger charge is 2.15. The molecule has 1 rings (SSSR count). The molecule has 0 aliphatic heterocycles.